The molecule has 3 heteroatoms. The van der Waals surface area contributed by atoms with E-state index in [9.17, 15) is 0 Å². The van der Waals surface area contributed by atoms with E-state index >= 15 is 0 Å². The maximum atomic E-state index is 5.44. The van der Waals surface area contributed by atoms with Crippen molar-refractivity contribution in [1.82, 2.24) is 5.32 Å². The van der Waals surface area contributed by atoms with Crippen LogP contribution in [0.3, 0.4) is 0 Å². The Balaban J connectivity index is 0.000001000. The third-order valence-electron chi connectivity index (χ3n) is 1.78. The third kappa shape index (κ3) is 4.62. The summed E-state index contributed by atoms with van der Waals surface area (Å²) in [5.74, 6) is 0. The van der Waals surface area contributed by atoms with Crippen LogP contribution in [-0.2, 0) is 4.74 Å². The van der Waals surface area contributed by atoms with Gasteiger partial charge in [-0.1, -0.05) is 13.8 Å². The maximum Gasteiger partial charge on any atom is 0.0700 e. The van der Waals surface area contributed by atoms with Crippen LogP contribution in [0.4, 0.5) is 0 Å². The summed E-state index contributed by atoms with van der Waals surface area (Å²) >= 11 is 0. The van der Waals surface area contributed by atoms with Gasteiger partial charge >= 0.3 is 0 Å². The number of ether oxygens (including phenoxy) is 1. The van der Waals surface area contributed by atoms with Gasteiger partial charge in [0.1, 0.15) is 0 Å². The van der Waals surface area contributed by atoms with Crippen molar-refractivity contribution >= 4 is 12.4 Å². The van der Waals surface area contributed by atoms with Crippen LogP contribution >= 0.6 is 12.4 Å². The van der Waals surface area contributed by atoms with Crippen LogP contribution in [-0.4, -0.2) is 25.3 Å². The molecule has 0 aromatic rings. The summed E-state index contributed by atoms with van der Waals surface area (Å²) in [7, 11) is 0. The van der Waals surface area contributed by atoms with E-state index in [4.69, 9.17) is 4.74 Å². The van der Waals surface area contributed by atoms with Gasteiger partial charge in [0.25, 0.3) is 0 Å². The molecule has 2 nitrogen and oxygen atoms in total. The summed E-state index contributed by atoms with van der Waals surface area (Å²) in [5, 5.41) is 3.36. The van der Waals surface area contributed by atoms with Crippen molar-refractivity contribution in [2.24, 2.45) is 0 Å². The molecular weight excluding hydrogens is 162 g/mol. The molecule has 1 heterocycles. The summed E-state index contributed by atoms with van der Waals surface area (Å²) in [6.07, 6.45) is 2.96. The lowest BCUT2D eigenvalue weighted by atomic mass is 10.2. The van der Waals surface area contributed by atoms with Crippen LogP contribution < -0.4 is 5.32 Å². The highest BCUT2D eigenvalue weighted by atomic mass is 35.5. The van der Waals surface area contributed by atoms with Crippen molar-refractivity contribution < 1.29 is 4.74 Å². The van der Waals surface area contributed by atoms with Crippen molar-refractivity contribution in [3.05, 3.63) is 0 Å². The van der Waals surface area contributed by atoms with Gasteiger partial charge in [-0.2, -0.15) is 0 Å². The van der Waals surface area contributed by atoms with Gasteiger partial charge in [0.2, 0.25) is 0 Å². The standard InChI is InChI=1S/C8H17NO.ClH/c1-7(2)9-6-8-4-3-5-10-8;/h7-9H,3-6H2,1-2H3;1H. The van der Waals surface area contributed by atoms with E-state index in [1.807, 2.05) is 0 Å². The molecule has 0 radical (unpaired) electrons. The minimum Gasteiger partial charge on any atom is -0.377 e. The Morgan fingerprint density at radius 3 is 2.73 bits per heavy atom. The number of hydrogen-bond acceptors (Lipinski definition) is 2. The van der Waals surface area contributed by atoms with Crippen LogP contribution in [0.2, 0.25) is 0 Å². The van der Waals surface area contributed by atoms with Gasteiger partial charge < -0.3 is 10.1 Å². The van der Waals surface area contributed by atoms with Crippen molar-refractivity contribution in [2.75, 3.05) is 13.2 Å². The molecule has 0 bridgehead atoms. The highest BCUT2D eigenvalue weighted by molar-refractivity contribution is 5.85. The zero-order chi connectivity index (χ0) is 7.40. The monoisotopic (exact) mass is 179 g/mol. The van der Waals surface area contributed by atoms with E-state index in [-0.39, 0.29) is 12.4 Å². The number of hydrogen-bond donors (Lipinski definition) is 1. The van der Waals surface area contributed by atoms with E-state index in [1.165, 1.54) is 12.8 Å². The summed E-state index contributed by atoms with van der Waals surface area (Å²) < 4.78 is 5.44. The third-order valence-corrected chi connectivity index (χ3v) is 1.78. The quantitative estimate of drug-likeness (QED) is 0.711. The summed E-state index contributed by atoms with van der Waals surface area (Å²) in [6.45, 7) is 6.31. The van der Waals surface area contributed by atoms with Gasteiger partial charge in [-0.25, -0.2) is 0 Å². The smallest absolute Gasteiger partial charge is 0.0700 e. The second kappa shape index (κ2) is 5.81. The molecule has 1 aliphatic heterocycles. The zero-order valence-electron chi connectivity index (χ0n) is 7.30. The minimum atomic E-state index is 0. The molecule has 0 aromatic heterocycles. The highest BCUT2D eigenvalue weighted by Crippen LogP contribution is 2.10. The van der Waals surface area contributed by atoms with Gasteiger partial charge in [-0.05, 0) is 12.8 Å². The van der Waals surface area contributed by atoms with Crippen LogP contribution in [0.15, 0.2) is 0 Å². The van der Waals surface area contributed by atoms with Crippen molar-refractivity contribution in [2.45, 2.75) is 38.8 Å². The summed E-state index contributed by atoms with van der Waals surface area (Å²) in [6, 6.07) is 0.587. The molecule has 0 aliphatic carbocycles. The van der Waals surface area contributed by atoms with Gasteiger partial charge in [-0.15, -0.1) is 12.4 Å². The first-order valence-electron chi connectivity index (χ1n) is 4.14. The van der Waals surface area contributed by atoms with Gasteiger partial charge in [0, 0.05) is 19.2 Å². The largest absolute Gasteiger partial charge is 0.377 e. The van der Waals surface area contributed by atoms with Gasteiger partial charge in [-0.3, -0.25) is 0 Å². The molecule has 1 saturated heterocycles. The van der Waals surface area contributed by atoms with Crippen molar-refractivity contribution in [3.8, 4) is 0 Å². The fourth-order valence-electron chi connectivity index (χ4n) is 1.17. The molecule has 1 N–H and O–H groups in total. The van der Waals surface area contributed by atoms with E-state index in [1.54, 1.807) is 0 Å². The molecule has 68 valence electrons. The Kier molecular flexibility index (Phi) is 5.92. The fraction of sp³-hybridized carbons (Fsp3) is 1.00. The van der Waals surface area contributed by atoms with Crippen LogP contribution in [0.25, 0.3) is 0 Å². The fourth-order valence-corrected chi connectivity index (χ4v) is 1.17. The summed E-state index contributed by atoms with van der Waals surface area (Å²) in [4.78, 5) is 0. The van der Waals surface area contributed by atoms with Crippen LogP contribution in [0.1, 0.15) is 26.7 Å². The van der Waals surface area contributed by atoms with Crippen LogP contribution in [0, 0.1) is 0 Å². The SMILES string of the molecule is CC(C)NCC1CCCO1.Cl. The number of rotatable bonds is 3. The second-order valence-corrected chi connectivity index (χ2v) is 3.20. The molecule has 11 heavy (non-hydrogen) atoms. The Hall–Kier alpha value is 0.210. The van der Waals surface area contributed by atoms with E-state index in [0.29, 0.717) is 12.1 Å². The lowest BCUT2D eigenvalue weighted by molar-refractivity contribution is 0.108. The second-order valence-electron chi connectivity index (χ2n) is 3.20. The predicted octanol–water partition coefficient (Wildman–Crippen LogP) is 1.59. The van der Waals surface area contributed by atoms with E-state index in [0.717, 1.165) is 13.2 Å². The lowest BCUT2D eigenvalue weighted by Gasteiger charge is -2.12. The molecule has 0 amide bonds. The average molecular weight is 180 g/mol. The first kappa shape index (κ1) is 11.2. The van der Waals surface area contributed by atoms with Crippen molar-refractivity contribution in [3.63, 3.8) is 0 Å². The van der Waals surface area contributed by atoms with E-state index in [2.05, 4.69) is 19.2 Å². The Morgan fingerprint density at radius 1 is 1.55 bits per heavy atom. The maximum absolute atomic E-state index is 5.44. The predicted molar refractivity (Wildman–Crippen MR) is 49.4 cm³/mol. The molecule has 1 atom stereocenters. The Morgan fingerprint density at radius 2 is 2.27 bits per heavy atom. The van der Waals surface area contributed by atoms with Crippen LogP contribution in [0.5, 0.6) is 0 Å². The normalized spacial score (nSPS) is 23.7. The van der Waals surface area contributed by atoms with Gasteiger partial charge in [0.15, 0.2) is 0 Å². The molecule has 0 saturated carbocycles. The molecule has 0 aromatic carbocycles. The Labute approximate surface area is 75.1 Å². The average Bonchev–Trinajstić information content (AvgIpc) is 2.34. The topological polar surface area (TPSA) is 21.3 Å². The minimum absolute atomic E-state index is 0. The molecule has 1 aliphatic rings. The zero-order valence-corrected chi connectivity index (χ0v) is 8.12. The first-order valence-corrected chi connectivity index (χ1v) is 4.14. The number of nitrogens with one attached hydrogen (secondary N) is 1. The molecule has 1 unspecified atom stereocenters. The molecule has 1 rings (SSSR count). The van der Waals surface area contributed by atoms with Gasteiger partial charge in [0.05, 0.1) is 6.10 Å². The van der Waals surface area contributed by atoms with E-state index < -0.39 is 0 Å². The Bertz CT molecular complexity index is 92.1. The highest BCUT2D eigenvalue weighted by Gasteiger charge is 2.14. The molecule has 0 spiro atoms. The summed E-state index contributed by atoms with van der Waals surface area (Å²) in [5.41, 5.74) is 0. The van der Waals surface area contributed by atoms with Crippen molar-refractivity contribution in [1.29, 1.82) is 0 Å². The lowest BCUT2D eigenvalue weighted by Crippen LogP contribution is -2.31. The first-order chi connectivity index (χ1) is 4.79. The molecular formula is C8H18ClNO. The number of halogens is 1. The molecule has 1 fully saturated rings.